The molecule has 2 aliphatic carbocycles. The van der Waals surface area contributed by atoms with Crippen LogP contribution < -0.4 is 0 Å². The first kappa shape index (κ1) is 25.8. The van der Waals surface area contributed by atoms with Crippen molar-refractivity contribution in [3.63, 3.8) is 0 Å². The van der Waals surface area contributed by atoms with Crippen LogP contribution >= 0.6 is 0 Å². The molecule has 0 aliphatic heterocycles. The summed E-state index contributed by atoms with van der Waals surface area (Å²) in [5.74, 6) is -11.3. The molecule has 190 valence electrons. The Hall–Kier alpha value is -2.24. The summed E-state index contributed by atoms with van der Waals surface area (Å²) < 4.78 is 90.9. The predicted octanol–water partition coefficient (Wildman–Crippen LogP) is 9.49. The van der Waals surface area contributed by atoms with Crippen molar-refractivity contribution in [1.29, 1.82) is 0 Å². The SMILES string of the molecule is C=CCCC1CCC(CCc2ccc3c(c2F)C(F)(F)C(F)(F)c2c-3ccc(CCC)c2F)CC1. The van der Waals surface area contributed by atoms with Crippen molar-refractivity contribution in [2.24, 2.45) is 11.8 Å². The molecule has 0 nitrogen and oxygen atoms in total. The van der Waals surface area contributed by atoms with Crippen LogP contribution in [0.5, 0.6) is 0 Å². The summed E-state index contributed by atoms with van der Waals surface area (Å²) >= 11 is 0. The van der Waals surface area contributed by atoms with E-state index in [1.807, 2.05) is 6.08 Å². The summed E-state index contributed by atoms with van der Waals surface area (Å²) in [6, 6.07) is 5.19. The van der Waals surface area contributed by atoms with Gasteiger partial charge >= 0.3 is 11.8 Å². The Bertz CT molecular complexity index is 1080. The van der Waals surface area contributed by atoms with Crippen LogP contribution in [0.2, 0.25) is 0 Å². The highest BCUT2D eigenvalue weighted by Gasteiger charge is 2.65. The summed E-state index contributed by atoms with van der Waals surface area (Å²) in [6.45, 7) is 5.50. The molecule has 0 saturated heterocycles. The second-order valence-corrected chi connectivity index (χ2v) is 10.1. The molecule has 2 aromatic carbocycles. The molecule has 0 radical (unpaired) electrons. The van der Waals surface area contributed by atoms with Crippen molar-refractivity contribution >= 4 is 0 Å². The van der Waals surface area contributed by atoms with Crippen LogP contribution in [0.25, 0.3) is 11.1 Å². The summed E-state index contributed by atoms with van der Waals surface area (Å²) in [7, 11) is 0. The van der Waals surface area contributed by atoms with E-state index >= 15 is 22.0 Å². The largest absolute Gasteiger partial charge is 0.343 e. The molecule has 1 saturated carbocycles. The monoisotopic (exact) mass is 494 g/mol. The number of aryl methyl sites for hydroxylation is 2. The summed E-state index contributed by atoms with van der Waals surface area (Å²) in [6.07, 6.45) is 9.63. The van der Waals surface area contributed by atoms with Crippen molar-refractivity contribution in [3.8, 4) is 11.1 Å². The average molecular weight is 495 g/mol. The Morgan fingerprint density at radius 2 is 1.23 bits per heavy atom. The Labute approximate surface area is 203 Å². The van der Waals surface area contributed by atoms with Crippen LogP contribution in [-0.4, -0.2) is 0 Å². The van der Waals surface area contributed by atoms with E-state index in [-0.39, 0.29) is 35.1 Å². The van der Waals surface area contributed by atoms with Crippen LogP contribution in [0.4, 0.5) is 26.3 Å². The Morgan fingerprint density at radius 3 is 1.69 bits per heavy atom. The highest BCUT2D eigenvalue weighted by atomic mass is 19.3. The van der Waals surface area contributed by atoms with Crippen molar-refractivity contribution in [1.82, 2.24) is 0 Å². The van der Waals surface area contributed by atoms with Crippen LogP contribution in [-0.2, 0) is 24.7 Å². The Kier molecular flexibility index (Phi) is 7.40. The number of benzene rings is 2. The minimum Gasteiger partial charge on any atom is -0.206 e. The molecule has 0 amide bonds. The van der Waals surface area contributed by atoms with Crippen molar-refractivity contribution in [3.05, 3.63) is 70.8 Å². The molecule has 0 N–H and O–H groups in total. The minimum absolute atomic E-state index is 0.0135. The molecule has 0 unspecified atom stereocenters. The number of hydrogen-bond donors (Lipinski definition) is 0. The lowest BCUT2D eigenvalue weighted by atomic mass is 9.76. The van der Waals surface area contributed by atoms with Gasteiger partial charge in [-0.05, 0) is 66.2 Å². The van der Waals surface area contributed by atoms with Gasteiger partial charge in [-0.15, -0.1) is 6.58 Å². The fraction of sp³-hybridized carbons (Fsp3) is 0.517. The lowest BCUT2D eigenvalue weighted by Gasteiger charge is -2.36. The second-order valence-electron chi connectivity index (χ2n) is 10.1. The number of rotatable bonds is 8. The minimum atomic E-state index is -4.86. The molecule has 0 spiro atoms. The van der Waals surface area contributed by atoms with E-state index in [1.54, 1.807) is 6.92 Å². The highest BCUT2D eigenvalue weighted by Crippen LogP contribution is 2.59. The van der Waals surface area contributed by atoms with Gasteiger partial charge in [-0.2, -0.15) is 17.6 Å². The maximum absolute atomic E-state index is 15.4. The molecular weight excluding hydrogens is 462 g/mol. The quantitative estimate of drug-likeness (QED) is 0.253. The number of halogens is 6. The van der Waals surface area contributed by atoms with Gasteiger partial charge in [0.25, 0.3) is 0 Å². The van der Waals surface area contributed by atoms with E-state index in [0.717, 1.165) is 38.5 Å². The van der Waals surface area contributed by atoms with Gasteiger partial charge in [-0.1, -0.05) is 69.4 Å². The van der Waals surface area contributed by atoms with Crippen LogP contribution in [0.1, 0.15) is 80.5 Å². The van der Waals surface area contributed by atoms with Crippen LogP contribution in [0.15, 0.2) is 36.9 Å². The van der Waals surface area contributed by atoms with Crippen molar-refractivity contribution in [2.45, 2.75) is 83.0 Å². The molecule has 0 aromatic heterocycles. The molecule has 6 heteroatoms. The van der Waals surface area contributed by atoms with E-state index in [2.05, 4.69) is 6.58 Å². The van der Waals surface area contributed by atoms with E-state index in [0.29, 0.717) is 24.7 Å². The zero-order valence-electron chi connectivity index (χ0n) is 20.1. The number of alkyl halides is 4. The third-order valence-electron chi connectivity index (χ3n) is 7.84. The molecule has 0 heterocycles. The number of allylic oxidation sites excluding steroid dienone is 1. The van der Waals surface area contributed by atoms with Crippen LogP contribution in [0, 0.1) is 23.5 Å². The molecule has 0 atom stereocenters. The van der Waals surface area contributed by atoms with Gasteiger partial charge in [0.2, 0.25) is 0 Å². The summed E-state index contributed by atoms with van der Waals surface area (Å²) in [5, 5.41) is 0. The first-order valence-corrected chi connectivity index (χ1v) is 12.6. The number of fused-ring (bicyclic) bond motifs is 3. The Morgan fingerprint density at radius 1 is 0.771 bits per heavy atom. The third-order valence-corrected chi connectivity index (χ3v) is 7.84. The van der Waals surface area contributed by atoms with Gasteiger partial charge in [-0.3, -0.25) is 0 Å². The molecule has 1 fully saturated rings. The van der Waals surface area contributed by atoms with Gasteiger partial charge in [0.15, 0.2) is 0 Å². The maximum Gasteiger partial charge on any atom is 0.343 e. The predicted molar refractivity (Wildman–Crippen MR) is 127 cm³/mol. The summed E-state index contributed by atoms with van der Waals surface area (Å²) in [5.41, 5.74) is -3.40. The first-order valence-electron chi connectivity index (χ1n) is 12.6. The van der Waals surface area contributed by atoms with Gasteiger partial charge in [0.1, 0.15) is 11.6 Å². The maximum atomic E-state index is 15.4. The van der Waals surface area contributed by atoms with E-state index in [9.17, 15) is 4.39 Å². The lowest BCUT2D eigenvalue weighted by Crippen LogP contribution is -2.41. The van der Waals surface area contributed by atoms with Gasteiger partial charge in [0, 0.05) is 0 Å². The van der Waals surface area contributed by atoms with Crippen LogP contribution in [0.3, 0.4) is 0 Å². The average Bonchev–Trinajstić information content (AvgIpc) is 2.82. The fourth-order valence-electron chi connectivity index (χ4n) is 5.79. The molecule has 4 rings (SSSR count). The van der Waals surface area contributed by atoms with E-state index < -0.39 is 34.6 Å². The topological polar surface area (TPSA) is 0 Å². The van der Waals surface area contributed by atoms with Crippen molar-refractivity contribution in [2.75, 3.05) is 0 Å². The zero-order chi connectivity index (χ0) is 25.4. The number of hydrogen-bond acceptors (Lipinski definition) is 0. The van der Waals surface area contributed by atoms with Gasteiger partial charge in [-0.25, -0.2) is 8.78 Å². The van der Waals surface area contributed by atoms with E-state index in [4.69, 9.17) is 0 Å². The molecule has 2 aliphatic rings. The third kappa shape index (κ3) is 4.53. The highest BCUT2D eigenvalue weighted by molar-refractivity contribution is 5.77. The normalized spacial score (nSPS) is 22.4. The molecular formula is C29H32F6. The smallest absolute Gasteiger partial charge is 0.206 e. The fourth-order valence-corrected chi connectivity index (χ4v) is 5.79. The van der Waals surface area contributed by atoms with E-state index in [1.165, 1.54) is 24.3 Å². The van der Waals surface area contributed by atoms with Gasteiger partial charge in [0.05, 0.1) is 11.1 Å². The zero-order valence-corrected chi connectivity index (χ0v) is 20.1. The van der Waals surface area contributed by atoms with Crippen molar-refractivity contribution < 1.29 is 26.3 Å². The first-order chi connectivity index (χ1) is 16.6. The standard InChI is InChI=1S/C29H32F6/c1-3-5-7-18-8-10-19(11-9-18)12-13-21-15-17-23-22-16-14-20(6-4-2)26(30)24(22)28(32,33)29(34,35)25(23)27(21)31/h3,14-19H,1,4-13H2,2H3. The van der Waals surface area contributed by atoms with Gasteiger partial charge < -0.3 is 0 Å². The molecule has 35 heavy (non-hydrogen) atoms. The molecule has 2 aromatic rings. The Balaban J connectivity index is 1.62. The summed E-state index contributed by atoms with van der Waals surface area (Å²) in [4.78, 5) is 0. The second kappa shape index (κ2) is 10.0. The lowest BCUT2D eigenvalue weighted by molar-refractivity contribution is -0.227. The molecule has 0 bridgehead atoms.